The zero-order valence-corrected chi connectivity index (χ0v) is 8.60. The molecule has 0 aliphatic carbocycles. The molecule has 0 aliphatic heterocycles. The first-order valence-electron chi connectivity index (χ1n) is 4.13. The van der Waals surface area contributed by atoms with E-state index in [0.29, 0.717) is 10.6 Å². The summed E-state index contributed by atoms with van der Waals surface area (Å²) in [6.07, 6.45) is 2.48. The van der Waals surface area contributed by atoms with Crippen LogP contribution in [0.2, 0.25) is 0 Å². The lowest BCUT2D eigenvalue weighted by Crippen LogP contribution is -1.97. The number of carboxylic acid groups (broad SMARTS) is 1. The van der Waals surface area contributed by atoms with E-state index in [4.69, 9.17) is 10.4 Å². The first-order valence-corrected chi connectivity index (χ1v) is 4.90. The van der Waals surface area contributed by atoms with Crippen LogP contribution in [-0.4, -0.2) is 25.4 Å². The van der Waals surface area contributed by atoms with Gasteiger partial charge >= 0.3 is 5.97 Å². The molecule has 2 aromatic heterocycles. The first kappa shape index (κ1) is 10.2. The van der Waals surface area contributed by atoms with Crippen LogP contribution in [0.3, 0.4) is 0 Å². The number of nitrogens with zero attached hydrogens (tertiary/aromatic N) is 4. The van der Waals surface area contributed by atoms with Crippen LogP contribution in [0.1, 0.15) is 16.1 Å². The lowest BCUT2D eigenvalue weighted by atomic mass is 10.2. The van der Waals surface area contributed by atoms with Crippen LogP contribution in [0.15, 0.2) is 18.6 Å². The van der Waals surface area contributed by atoms with Gasteiger partial charge in [-0.15, -0.1) is 0 Å². The zero-order valence-electron chi connectivity index (χ0n) is 7.78. The van der Waals surface area contributed by atoms with Gasteiger partial charge in [0.05, 0.1) is 22.3 Å². The van der Waals surface area contributed by atoms with Gasteiger partial charge in [0.2, 0.25) is 0 Å². The van der Waals surface area contributed by atoms with Crippen LogP contribution in [0.25, 0.3) is 10.6 Å². The second-order valence-corrected chi connectivity index (χ2v) is 3.58. The molecule has 0 saturated heterocycles. The molecule has 0 amide bonds. The van der Waals surface area contributed by atoms with E-state index in [2.05, 4.69) is 14.3 Å². The lowest BCUT2D eigenvalue weighted by Gasteiger charge is -1.97. The Bertz CT molecular complexity index is 587. The molecule has 0 spiro atoms. The zero-order chi connectivity index (χ0) is 11.5. The van der Waals surface area contributed by atoms with Crippen LogP contribution in [-0.2, 0) is 0 Å². The minimum absolute atomic E-state index is 0.0765. The number of hydrogen-bond acceptors (Lipinski definition) is 6. The van der Waals surface area contributed by atoms with Crippen LogP contribution >= 0.6 is 11.5 Å². The van der Waals surface area contributed by atoms with Crippen LogP contribution in [0.5, 0.6) is 0 Å². The third-order valence-corrected chi connectivity index (χ3v) is 2.64. The fraction of sp³-hybridized carbons (Fsp3) is 0. The van der Waals surface area contributed by atoms with E-state index in [1.54, 1.807) is 0 Å². The van der Waals surface area contributed by atoms with E-state index in [1.165, 1.54) is 18.6 Å². The number of nitriles is 1. The van der Waals surface area contributed by atoms with Gasteiger partial charge in [-0.1, -0.05) is 0 Å². The predicted octanol–water partition coefficient (Wildman–Crippen LogP) is 1.17. The molecule has 2 rings (SSSR count). The van der Waals surface area contributed by atoms with E-state index in [9.17, 15) is 4.79 Å². The minimum Gasteiger partial charge on any atom is -0.478 e. The number of rotatable bonds is 2. The Morgan fingerprint density at radius 3 is 3.00 bits per heavy atom. The smallest absolute Gasteiger partial charge is 0.338 e. The van der Waals surface area contributed by atoms with Crippen molar-refractivity contribution in [2.24, 2.45) is 0 Å². The Labute approximate surface area is 94.0 Å². The molecule has 0 aromatic carbocycles. The fourth-order valence-corrected chi connectivity index (χ4v) is 1.83. The molecule has 2 heterocycles. The van der Waals surface area contributed by atoms with Gasteiger partial charge in [0.15, 0.2) is 0 Å². The summed E-state index contributed by atoms with van der Waals surface area (Å²) in [5.41, 5.74) is 0.661. The summed E-state index contributed by atoms with van der Waals surface area (Å²) in [6, 6.07) is 3.29. The van der Waals surface area contributed by atoms with Gasteiger partial charge in [0.25, 0.3) is 0 Å². The van der Waals surface area contributed by atoms with Crippen LogP contribution in [0, 0.1) is 11.3 Å². The molecule has 0 aliphatic rings. The van der Waals surface area contributed by atoms with Gasteiger partial charge in [-0.3, -0.25) is 0 Å². The van der Waals surface area contributed by atoms with Gasteiger partial charge in [-0.25, -0.2) is 14.8 Å². The van der Waals surface area contributed by atoms with Crippen molar-refractivity contribution < 1.29 is 9.90 Å². The highest BCUT2D eigenvalue weighted by molar-refractivity contribution is 7.10. The Balaban J connectivity index is 2.55. The molecule has 0 bridgehead atoms. The second kappa shape index (κ2) is 4.04. The monoisotopic (exact) mass is 232 g/mol. The van der Waals surface area contributed by atoms with Gasteiger partial charge in [0, 0.05) is 6.07 Å². The van der Waals surface area contributed by atoms with Crippen molar-refractivity contribution in [3.63, 3.8) is 0 Å². The summed E-state index contributed by atoms with van der Waals surface area (Å²) in [7, 11) is 0. The molecule has 78 valence electrons. The molecule has 7 heteroatoms. The third-order valence-electron chi connectivity index (χ3n) is 1.82. The van der Waals surface area contributed by atoms with E-state index in [1.807, 2.05) is 6.07 Å². The van der Waals surface area contributed by atoms with Crippen molar-refractivity contribution in [2.45, 2.75) is 0 Å². The van der Waals surface area contributed by atoms with Gasteiger partial charge < -0.3 is 5.11 Å². The van der Waals surface area contributed by atoms with Crippen molar-refractivity contribution in [1.82, 2.24) is 14.3 Å². The maximum absolute atomic E-state index is 10.9. The molecule has 0 unspecified atom stereocenters. The van der Waals surface area contributed by atoms with E-state index < -0.39 is 5.97 Å². The largest absolute Gasteiger partial charge is 0.478 e. The third kappa shape index (κ3) is 1.74. The van der Waals surface area contributed by atoms with Crippen molar-refractivity contribution in [2.75, 3.05) is 0 Å². The SMILES string of the molecule is N#Cc1cc(-c2sncc2C(=O)O)ncn1. The highest BCUT2D eigenvalue weighted by Gasteiger charge is 2.15. The summed E-state index contributed by atoms with van der Waals surface area (Å²) in [5.74, 6) is -1.07. The summed E-state index contributed by atoms with van der Waals surface area (Å²) >= 11 is 1.02. The minimum atomic E-state index is -1.07. The average molecular weight is 232 g/mol. The van der Waals surface area contributed by atoms with Crippen LogP contribution < -0.4 is 0 Å². The number of aromatic carboxylic acids is 1. The van der Waals surface area contributed by atoms with Gasteiger partial charge in [-0.05, 0) is 11.5 Å². The Morgan fingerprint density at radius 2 is 2.31 bits per heavy atom. The van der Waals surface area contributed by atoms with Gasteiger partial charge in [-0.2, -0.15) is 9.64 Å². The highest BCUT2D eigenvalue weighted by Crippen LogP contribution is 2.25. The van der Waals surface area contributed by atoms with Gasteiger partial charge in [0.1, 0.15) is 18.1 Å². The van der Waals surface area contributed by atoms with E-state index in [-0.39, 0.29) is 11.3 Å². The van der Waals surface area contributed by atoms with Crippen molar-refractivity contribution in [3.8, 4) is 16.6 Å². The van der Waals surface area contributed by atoms with Crippen LogP contribution in [0.4, 0.5) is 0 Å². The Hall–Kier alpha value is -2.33. The molecule has 0 radical (unpaired) electrons. The predicted molar refractivity (Wildman–Crippen MR) is 54.8 cm³/mol. The molecule has 0 saturated carbocycles. The highest BCUT2D eigenvalue weighted by atomic mass is 32.1. The number of hydrogen-bond donors (Lipinski definition) is 1. The number of aromatic nitrogens is 3. The number of carboxylic acids is 1. The summed E-state index contributed by atoms with van der Waals surface area (Å²) in [4.78, 5) is 18.9. The Morgan fingerprint density at radius 1 is 1.50 bits per heavy atom. The van der Waals surface area contributed by atoms with Crippen molar-refractivity contribution in [1.29, 1.82) is 5.26 Å². The molecule has 0 atom stereocenters. The average Bonchev–Trinajstić information content (AvgIpc) is 2.78. The first-order chi connectivity index (χ1) is 7.72. The normalized spacial score (nSPS) is 9.69. The molecule has 6 nitrogen and oxygen atoms in total. The molecule has 16 heavy (non-hydrogen) atoms. The van der Waals surface area contributed by atoms with E-state index in [0.717, 1.165) is 11.5 Å². The lowest BCUT2D eigenvalue weighted by molar-refractivity contribution is 0.0698. The maximum Gasteiger partial charge on any atom is 0.338 e. The fourth-order valence-electron chi connectivity index (χ4n) is 1.12. The van der Waals surface area contributed by atoms with E-state index >= 15 is 0 Å². The standard InChI is InChI=1S/C9H4N4O2S/c10-2-5-1-7(12-4-11-5)8-6(9(14)15)3-13-16-8/h1,3-4H,(H,14,15). The molecule has 1 N–H and O–H groups in total. The molecule has 2 aromatic rings. The molecular formula is C9H4N4O2S. The Kier molecular flexibility index (Phi) is 2.57. The topological polar surface area (TPSA) is 99.8 Å². The quantitative estimate of drug-likeness (QED) is 0.834. The van der Waals surface area contributed by atoms with Crippen molar-refractivity contribution >= 4 is 17.5 Å². The summed E-state index contributed by atoms with van der Waals surface area (Å²) < 4.78 is 3.79. The summed E-state index contributed by atoms with van der Waals surface area (Å²) in [5, 5.41) is 17.6. The molecular weight excluding hydrogens is 228 g/mol. The van der Waals surface area contributed by atoms with Crippen molar-refractivity contribution in [3.05, 3.63) is 29.8 Å². The second-order valence-electron chi connectivity index (χ2n) is 2.77. The molecule has 0 fully saturated rings. The summed E-state index contributed by atoms with van der Waals surface area (Å²) in [6.45, 7) is 0. The number of carbonyl (C=O) groups is 1. The maximum atomic E-state index is 10.9.